The molecule has 3 rings (SSSR count). The van der Waals surface area contributed by atoms with Crippen LogP contribution in [0.1, 0.15) is 13.3 Å². The highest BCUT2D eigenvalue weighted by Crippen LogP contribution is 2.42. The van der Waals surface area contributed by atoms with E-state index in [0.29, 0.717) is 0 Å². The molecular weight excluding hydrogens is 380 g/mol. The van der Waals surface area contributed by atoms with Gasteiger partial charge in [0.15, 0.2) is 12.6 Å². The first-order valence-corrected chi connectivity index (χ1v) is 9.01. The third-order valence-electron chi connectivity index (χ3n) is 5.41. The lowest BCUT2D eigenvalue weighted by atomic mass is 9.77. The molecule has 5 N–H and O–H groups in total. The van der Waals surface area contributed by atoms with Crippen molar-refractivity contribution >= 4 is 5.97 Å². The predicted molar refractivity (Wildman–Crippen MR) is 88.0 cm³/mol. The van der Waals surface area contributed by atoms with Crippen molar-refractivity contribution in [2.24, 2.45) is 11.8 Å². The molecule has 0 aromatic rings. The molecule has 0 saturated carbocycles. The van der Waals surface area contributed by atoms with E-state index in [-0.39, 0.29) is 12.0 Å². The van der Waals surface area contributed by atoms with Crippen LogP contribution in [0.15, 0.2) is 11.8 Å². The topological polar surface area (TPSA) is 164 Å². The van der Waals surface area contributed by atoms with Gasteiger partial charge in [0.1, 0.15) is 24.4 Å². The summed E-state index contributed by atoms with van der Waals surface area (Å²) in [6.07, 6.45) is -8.71. The molecule has 0 amide bonds. The minimum Gasteiger partial charge on any atom is -0.471 e. The van der Waals surface area contributed by atoms with Crippen LogP contribution in [0.25, 0.3) is 0 Å². The molecule has 3 heterocycles. The Kier molecular flexibility index (Phi) is 6.57. The zero-order valence-electron chi connectivity index (χ0n) is 15.5. The molecular formula is C17H26O11. The van der Waals surface area contributed by atoms with Crippen molar-refractivity contribution in [3.8, 4) is 0 Å². The van der Waals surface area contributed by atoms with Crippen LogP contribution in [-0.2, 0) is 28.5 Å². The second kappa shape index (κ2) is 8.59. The van der Waals surface area contributed by atoms with Gasteiger partial charge in [0.05, 0.1) is 37.6 Å². The first kappa shape index (κ1) is 21.4. The highest BCUT2D eigenvalue weighted by atomic mass is 16.8. The Morgan fingerprint density at radius 3 is 2.50 bits per heavy atom. The third-order valence-corrected chi connectivity index (χ3v) is 5.41. The van der Waals surface area contributed by atoms with Crippen molar-refractivity contribution < 1.29 is 54.0 Å². The Morgan fingerprint density at radius 2 is 1.86 bits per heavy atom. The summed E-state index contributed by atoms with van der Waals surface area (Å²) in [5.74, 6) is -1.67. The van der Waals surface area contributed by atoms with E-state index in [2.05, 4.69) is 0 Å². The van der Waals surface area contributed by atoms with Crippen molar-refractivity contribution in [2.45, 2.75) is 62.7 Å². The van der Waals surface area contributed by atoms with E-state index in [4.69, 9.17) is 23.7 Å². The summed E-state index contributed by atoms with van der Waals surface area (Å²) in [6, 6.07) is 0. The fourth-order valence-electron chi connectivity index (χ4n) is 3.91. The van der Waals surface area contributed by atoms with E-state index in [9.17, 15) is 30.3 Å². The summed E-state index contributed by atoms with van der Waals surface area (Å²) in [5.41, 5.74) is 0.218. The summed E-state index contributed by atoms with van der Waals surface area (Å²) >= 11 is 0. The van der Waals surface area contributed by atoms with Crippen LogP contribution < -0.4 is 0 Å². The van der Waals surface area contributed by atoms with E-state index < -0.39 is 73.8 Å². The first-order valence-electron chi connectivity index (χ1n) is 9.01. The summed E-state index contributed by atoms with van der Waals surface area (Å²) in [5, 5.41) is 49.2. The van der Waals surface area contributed by atoms with Crippen LogP contribution in [0.3, 0.4) is 0 Å². The Hall–Kier alpha value is -1.31. The second-order valence-electron chi connectivity index (χ2n) is 7.12. The number of esters is 1. The van der Waals surface area contributed by atoms with Gasteiger partial charge in [-0.15, -0.1) is 0 Å². The van der Waals surface area contributed by atoms with E-state index >= 15 is 0 Å². The standard InChI is InChI=1S/C17H26O11/c1-6-11-7(3-10(19)26-6)8(15(23)24-2)5-25-16(11)28-17-14(22)13(21)12(20)9(4-18)27-17/h5-7,9-14,16-22H,3-4H2,1-2H3/t6-,7-,9-,10+,11-,12-,13+,14-,16+,17+/m1/s1. The zero-order chi connectivity index (χ0) is 20.6. The molecule has 0 unspecified atom stereocenters. The molecule has 28 heavy (non-hydrogen) atoms. The number of hydrogen-bond acceptors (Lipinski definition) is 11. The number of hydrogen-bond donors (Lipinski definition) is 5. The molecule has 2 saturated heterocycles. The van der Waals surface area contributed by atoms with Gasteiger partial charge in [-0.2, -0.15) is 0 Å². The Balaban J connectivity index is 1.81. The van der Waals surface area contributed by atoms with Gasteiger partial charge in [-0.05, 0) is 6.92 Å². The van der Waals surface area contributed by atoms with Crippen LogP contribution in [0, 0.1) is 11.8 Å². The van der Waals surface area contributed by atoms with Crippen molar-refractivity contribution in [1.29, 1.82) is 0 Å². The van der Waals surface area contributed by atoms with Gasteiger partial charge in [0, 0.05) is 12.3 Å². The molecule has 0 bridgehead atoms. The van der Waals surface area contributed by atoms with Gasteiger partial charge < -0.3 is 49.2 Å². The van der Waals surface area contributed by atoms with Gasteiger partial charge in [0.25, 0.3) is 0 Å². The molecule has 11 heteroatoms. The number of carbonyl (C=O) groups is 1. The lowest BCUT2D eigenvalue weighted by molar-refractivity contribution is -0.352. The fourth-order valence-corrected chi connectivity index (χ4v) is 3.91. The summed E-state index contributed by atoms with van der Waals surface area (Å²) in [7, 11) is 1.23. The monoisotopic (exact) mass is 406 g/mol. The number of rotatable bonds is 4. The highest BCUT2D eigenvalue weighted by molar-refractivity contribution is 5.88. The van der Waals surface area contributed by atoms with Crippen LogP contribution in [0.5, 0.6) is 0 Å². The van der Waals surface area contributed by atoms with E-state index in [0.717, 1.165) is 0 Å². The Bertz CT molecular complexity index is 594. The molecule has 11 nitrogen and oxygen atoms in total. The largest absolute Gasteiger partial charge is 0.471 e. The van der Waals surface area contributed by atoms with Crippen LogP contribution >= 0.6 is 0 Å². The number of ether oxygens (including phenoxy) is 5. The summed E-state index contributed by atoms with van der Waals surface area (Å²) < 4.78 is 26.8. The van der Waals surface area contributed by atoms with Gasteiger partial charge in [-0.1, -0.05) is 0 Å². The van der Waals surface area contributed by atoms with Crippen molar-refractivity contribution in [3.63, 3.8) is 0 Å². The molecule has 3 aliphatic heterocycles. The number of fused-ring (bicyclic) bond motifs is 1. The maximum Gasteiger partial charge on any atom is 0.337 e. The number of aliphatic hydroxyl groups excluding tert-OH is 5. The predicted octanol–water partition coefficient (Wildman–Crippen LogP) is -2.42. The Labute approximate surface area is 161 Å². The lowest BCUT2D eigenvalue weighted by Crippen LogP contribution is -2.61. The fraction of sp³-hybridized carbons (Fsp3) is 0.824. The maximum absolute atomic E-state index is 12.1. The molecule has 0 radical (unpaired) electrons. The van der Waals surface area contributed by atoms with Crippen molar-refractivity contribution in [2.75, 3.05) is 13.7 Å². The zero-order valence-corrected chi connectivity index (χ0v) is 15.5. The number of aliphatic hydroxyl groups is 5. The van der Waals surface area contributed by atoms with Gasteiger partial charge in [0.2, 0.25) is 6.29 Å². The molecule has 160 valence electrons. The number of methoxy groups -OCH3 is 1. The second-order valence-corrected chi connectivity index (χ2v) is 7.12. The van der Waals surface area contributed by atoms with Crippen LogP contribution in [0.4, 0.5) is 0 Å². The molecule has 2 fully saturated rings. The average Bonchev–Trinajstić information content (AvgIpc) is 2.67. The van der Waals surface area contributed by atoms with E-state index in [1.54, 1.807) is 6.92 Å². The molecule has 0 aromatic carbocycles. The average molecular weight is 406 g/mol. The third kappa shape index (κ3) is 3.89. The lowest BCUT2D eigenvalue weighted by Gasteiger charge is -2.47. The molecule has 3 aliphatic rings. The van der Waals surface area contributed by atoms with Gasteiger partial charge in [-0.25, -0.2) is 4.79 Å². The molecule has 10 atom stereocenters. The van der Waals surface area contributed by atoms with Crippen molar-refractivity contribution in [3.05, 3.63) is 11.8 Å². The highest BCUT2D eigenvalue weighted by Gasteiger charge is 2.51. The quantitative estimate of drug-likeness (QED) is 0.315. The smallest absolute Gasteiger partial charge is 0.337 e. The Morgan fingerprint density at radius 1 is 1.14 bits per heavy atom. The van der Waals surface area contributed by atoms with E-state index in [1.165, 1.54) is 13.4 Å². The van der Waals surface area contributed by atoms with Gasteiger partial charge in [-0.3, -0.25) is 0 Å². The molecule has 0 aliphatic carbocycles. The maximum atomic E-state index is 12.1. The molecule has 0 spiro atoms. The molecule has 0 aromatic heterocycles. The minimum atomic E-state index is -1.60. The number of carbonyl (C=O) groups excluding carboxylic acids is 1. The van der Waals surface area contributed by atoms with Crippen LogP contribution in [0.2, 0.25) is 0 Å². The van der Waals surface area contributed by atoms with E-state index in [1.807, 2.05) is 0 Å². The minimum absolute atomic E-state index is 0.105. The SMILES string of the molecule is COC(=O)C1=CO[C@@H](O[C@@H]2O[C@H](CO)[C@@H](O)[C@H](O)[C@H]2O)[C@H]2[C@@H]1C[C@@H](O)O[C@@H]2C. The first-order chi connectivity index (χ1) is 13.3. The van der Waals surface area contributed by atoms with Crippen LogP contribution in [-0.4, -0.2) is 94.6 Å². The normalized spacial score (nSPS) is 46.2. The summed E-state index contributed by atoms with van der Waals surface area (Å²) in [6.45, 7) is 1.08. The van der Waals surface area contributed by atoms with Gasteiger partial charge >= 0.3 is 5.97 Å². The van der Waals surface area contributed by atoms with Crippen molar-refractivity contribution in [1.82, 2.24) is 0 Å². The summed E-state index contributed by atoms with van der Waals surface area (Å²) in [4.78, 5) is 12.1.